The summed E-state index contributed by atoms with van der Waals surface area (Å²) in [6.45, 7) is 6.21. The molecule has 3 aromatic rings. The predicted octanol–water partition coefficient (Wildman–Crippen LogP) is 3.59. The summed E-state index contributed by atoms with van der Waals surface area (Å²) < 4.78 is 0. The largest absolute Gasteiger partial charge is 0.350 e. The Morgan fingerprint density at radius 3 is 2.82 bits per heavy atom. The lowest BCUT2D eigenvalue weighted by molar-refractivity contribution is -0.121. The van der Waals surface area contributed by atoms with Gasteiger partial charge in [0, 0.05) is 35.4 Å². The van der Waals surface area contributed by atoms with Crippen LogP contribution in [0.3, 0.4) is 0 Å². The van der Waals surface area contributed by atoms with E-state index in [1.54, 1.807) is 23.7 Å². The summed E-state index contributed by atoms with van der Waals surface area (Å²) in [4.78, 5) is 30.7. The molecule has 1 N–H and O–H groups in total. The molecule has 146 valence electrons. The minimum absolute atomic E-state index is 0.0171. The first-order chi connectivity index (χ1) is 13.3. The Labute approximate surface area is 169 Å². The average Bonchev–Trinajstić information content (AvgIpc) is 3.20. The predicted molar refractivity (Wildman–Crippen MR) is 114 cm³/mol. The molecule has 3 heterocycles. The van der Waals surface area contributed by atoms with Crippen molar-refractivity contribution in [2.45, 2.75) is 45.6 Å². The molecule has 1 aliphatic carbocycles. The molecular weight excluding hydrogens is 370 g/mol. The number of carbonyl (C=O) groups excluding carboxylic acids is 1. The van der Waals surface area contributed by atoms with E-state index in [0.717, 1.165) is 34.4 Å². The summed E-state index contributed by atoms with van der Waals surface area (Å²) in [6.07, 6.45) is 6.85. The van der Waals surface area contributed by atoms with E-state index in [1.165, 1.54) is 16.9 Å². The molecule has 6 nitrogen and oxygen atoms in total. The van der Waals surface area contributed by atoms with E-state index in [4.69, 9.17) is 9.97 Å². The van der Waals surface area contributed by atoms with Gasteiger partial charge in [0.25, 0.3) is 0 Å². The zero-order chi connectivity index (χ0) is 19.9. The highest BCUT2D eigenvalue weighted by atomic mass is 32.1. The number of nitrogens with one attached hydrogen (secondary N) is 1. The molecule has 28 heavy (non-hydrogen) atoms. The molecule has 1 aliphatic rings. The van der Waals surface area contributed by atoms with Crippen LogP contribution in [0.2, 0.25) is 0 Å². The Balaban J connectivity index is 1.77. The fourth-order valence-electron chi connectivity index (χ4n) is 3.63. The van der Waals surface area contributed by atoms with Gasteiger partial charge in [-0.3, -0.25) is 9.78 Å². The van der Waals surface area contributed by atoms with Crippen LogP contribution in [0.25, 0.3) is 21.6 Å². The standard InChI is InChI=1S/C21H25N5OS/c1-21(2,3)25-16(27)12-26(4)19-17-14-8-5-9-15(14)28-20(17)24-18(23-19)13-7-6-10-22-11-13/h6-7,10-11H,5,8-9,12H2,1-4H3,(H,25,27). The van der Waals surface area contributed by atoms with Crippen LogP contribution < -0.4 is 10.2 Å². The molecule has 0 bridgehead atoms. The van der Waals surface area contributed by atoms with Crippen LogP contribution in [0.4, 0.5) is 5.82 Å². The van der Waals surface area contributed by atoms with E-state index >= 15 is 0 Å². The normalized spacial score (nSPS) is 13.6. The van der Waals surface area contributed by atoms with Crippen molar-refractivity contribution in [3.05, 3.63) is 35.0 Å². The van der Waals surface area contributed by atoms with Crippen LogP contribution in [-0.2, 0) is 17.6 Å². The van der Waals surface area contributed by atoms with Crippen molar-refractivity contribution in [1.29, 1.82) is 0 Å². The SMILES string of the molecule is CN(CC(=O)NC(C)(C)C)c1nc(-c2cccnc2)nc2sc3c(c12)CCC3. The number of thiophene rings is 1. The first-order valence-corrected chi connectivity index (χ1v) is 10.4. The van der Waals surface area contributed by atoms with Crippen molar-refractivity contribution in [2.75, 3.05) is 18.5 Å². The van der Waals surface area contributed by atoms with Gasteiger partial charge < -0.3 is 10.2 Å². The van der Waals surface area contributed by atoms with Crippen molar-refractivity contribution in [1.82, 2.24) is 20.3 Å². The average molecular weight is 396 g/mol. The van der Waals surface area contributed by atoms with E-state index in [2.05, 4.69) is 10.3 Å². The second kappa shape index (κ2) is 7.13. The number of carbonyl (C=O) groups is 1. The molecule has 1 amide bonds. The first kappa shape index (κ1) is 18.8. The van der Waals surface area contributed by atoms with Gasteiger partial charge >= 0.3 is 0 Å². The number of aryl methyl sites for hydroxylation is 2. The van der Waals surface area contributed by atoms with Crippen molar-refractivity contribution in [3.63, 3.8) is 0 Å². The third kappa shape index (κ3) is 3.71. The van der Waals surface area contributed by atoms with Crippen LogP contribution in [0.5, 0.6) is 0 Å². The number of rotatable bonds is 4. The summed E-state index contributed by atoms with van der Waals surface area (Å²) in [7, 11) is 1.93. The minimum atomic E-state index is -0.261. The number of anilines is 1. The number of pyridine rings is 1. The third-order valence-corrected chi connectivity index (χ3v) is 5.91. The van der Waals surface area contributed by atoms with Crippen LogP contribution in [-0.4, -0.2) is 40.0 Å². The number of amides is 1. The Morgan fingerprint density at radius 1 is 1.29 bits per heavy atom. The summed E-state index contributed by atoms with van der Waals surface area (Å²) >= 11 is 1.76. The molecule has 4 rings (SSSR count). The zero-order valence-corrected chi connectivity index (χ0v) is 17.6. The number of nitrogens with zero attached hydrogens (tertiary/aromatic N) is 4. The molecular formula is C21H25N5OS. The topological polar surface area (TPSA) is 71.0 Å². The molecule has 0 aromatic carbocycles. The lowest BCUT2D eigenvalue weighted by Gasteiger charge is -2.24. The van der Waals surface area contributed by atoms with Gasteiger partial charge in [-0.25, -0.2) is 9.97 Å². The van der Waals surface area contributed by atoms with Crippen molar-refractivity contribution >= 4 is 33.3 Å². The lowest BCUT2D eigenvalue weighted by atomic mass is 10.1. The molecule has 7 heteroatoms. The van der Waals surface area contributed by atoms with Gasteiger partial charge in [0.15, 0.2) is 5.82 Å². The summed E-state index contributed by atoms with van der Waals surface area (Å²) in [5.74, 6) is 1.46. The number of fused-ring (bicyclic) bond motifs is 3. The molecule has 0 spiro atoms. The third-order valence-electron chi connectivity index (χ3n) is 4.72. The molecule has 3 aromatic heterocycles. The van der Waals surface area contributed by atoms with Gasteiger partial charge in [0.2, 0.25) is 5.91 Å². The smallest absolute Gasteiger partial charge is 0.239 e. The molecule has 0 fully saturated rings. The molecule has 0 saturated carbocycles. The highest BCUT2D eigenvalue weighted by Gasteiger charge is 2.25. The van der Waals surface area contributed by atoms with Crippen molar-refractivity contribution in [3.8, 4) is 11.4 Å². The summed E-state index contributed by atoms with van der Waals surface area (Å²) in [5, 5.41) is 4.14. The number of hydrogen-bond donors (Lipinski definition) is 1. The molecule has 0 saturated heterocycles. The van der Waals surface area contributed by atoms with Gasteiger partial charge in [0.05, 0.1) is 11.9 Å². The highest BCUT2D eigenvalue weighted by Crippen LogP contribution is 2.41. The maximum absolute atomic E-state index is 12.5. The second-order valence-corrected chi connectivity index (χ2v) is 9.39. The minimum Gasteiger partial charge on any atom is -0.350 e. The number of likely N-dealkylation sites (N-methyl/N-ethyl adjacent to an activating group) is 1. The number of hydrogen-bond acceptors (Lipinski definition) is 6. The summed E-state index contributed by atoms with van der Waals surface area (Å²) in [6, 6.07) is 3.85. The molecule has 0 radical (unpaired) electrons. The second-order valence-electron chi connectivity index (χ2n) is 8.30. The fourth-order valence-corrected chi connectivity index (χ4v) is 4.88. The number of aromatic nitrogens is 3. The van der Waals surface area contributed by atoms with Crippen LogP contribution in [0.15, 0.2) is 24.5 Å². The van der Waals surface area contributed by atoms with E-state index < -0.39 is 0 Å². The van der Waals surface area contributed by atoms with Crippen LogP contribution in [0, 0.1) is 0 Å². The van der Waals surface area contributed by atoms with Gasteiger partial charge in [0.1, 0.15) is 10.6 Å². The molecule has 0 atom stereocenters. The van der Waals surface area contributed by atoms with E-state index in [-0.39, 0.29) is 18.0 Å². The molecule has 0 unspecified atom stereocenters. The van der Waals surface area contributed by atoms with Crippen LogP contribution >= 0.6 is 11.3 Å². The fraction of sp³-hybridized carbons (Fsp3) is 0.429. The monoisotopic (exact) mass is 395 g/mol. The first-order valence-electron chi connectivity index (χ1n) is 9.56. The van der Waals surface area contributed by atoms with Crippen molar-refractivity contribution < 1.29 is 4.79 Å². The van der Waals surface area contributed by atoms with Gasteiger partial charge in [-0.1, -0.05) is 0 Å². The highest BCUT2D eigenvalue weighted by molar-refractivity contribution is 7.19. The van der Waals surface area contributed by atoms with E-state index in [0.29, 0.717) is 5.82 Å². The lowest BCUT2D eigenvalue weighted by Crippen LogP contribution is -2.45. The Bertz CT molecular complexity index is 1020. The maximum Gasteiger partial charge on any atom is 0.239 e. The zero-order valence-electron chi connectivity index (χ0n) is 16.7. The van der Waals surface area contributed by atoms with Gasteiger partial charge in [-0.15, -0.1) is 11.3 Å². The Hall–Kier alpha value is -2.54. The molecule has 0 aliphatic heterocycles. The van der Waals surface area contributed by atoms with Gasteiger partial charge in [-0.2, -0.15) is 0 Å². The van der Waals surface area contributed by atoms with Crippen LogP contribution in [0.1, 0.15) is 37.6 Å². The van der Waals surface area contributed by atoms with Crippen molar-refractivity contribution in [2.24, 2.45) is 0 Å². The maximum atomic E-state index is 12.5. The Kier molecular flexibility index (Phi) is 4.79. The quantitative estimate of drug-likeness (QED) is 0.731. The van der Waals surface area contributed by atoms with Gasteiger partial charge in [-0.05, 0) is 57.7 Å². The summed E-state index contributed by atoms with van der Waals surface area (Å²) in [5.41, 5.74) is 1.98. The Morgan fingerprint density at radius 2 is 2.11 bits per heavy atom. The van der Waals surface area contributed by atoms with E-state index in [9.17, 15) is 4.79 Å². The van der Waals surface area contributed by atoms with E-state index in [1.807, 2.05) is 44.9 Å².